The SMILES string of the molecule is C.CC(C)(C)C1CCCc2nc3sc(C=N)cc3cc2C1. The molecule has 0 aromatic carbocycles. The molecule has 1 atom stereocenters. The van der Waals surface area contributed by atoms with Gasteiger partial charge in [0, 0.05) is 22.2 Å². The number of nitrogens with one attached hydrogen (secondary N) is 1. The molecule has 0 fully saturated rings. The largest absolute Gasteiger partial charge is 0.307 e. The highest BCUT2D eigenvalue weighted by atomic mass is 32.1. The Kier molecular flexibility index (Phi) is 4.52. The van der Waals surface area contributed by atoms with Crippen molar-refractivity contribution < 1.29 is 0 Å². The topological polar surface area (TPSA) is 36.7 Å². The van der Waals surface area contributed by atoms with E-state index in [4.69, 9.17) is 10.4 Å². The zero-order chi connectivity index (χ0) is 14.3. The smallest absolute Gasteiger partial charge is 0.124 e. The zero-order valence-corrected chi connectivity index (χ0v) is 13.3. The Morgan fingerprint density at radius 3 is 2.76 bits per heavy atom. The Labute approximate surface area is 132 Å². The summed E-state index contributed by atoms with van der Waals surface area (Å²) in [6.45, 7) is 7.06. The molecule has 0 amide bonds. The molecule has 1 unspecified atom stereocenters. The summed E-state index contributed by atoms with van der Waals surface area (Å²) in [5.74, 6) is 0.740. The van der Waals surface area contributed by atoms with Gasteiger partial charge in [-0.25, -0.2) is 4.98 Å². The molecule has 3 heteroatoms. The Hall–Kier alpha value is -1.22. The second-order valence-electron chi connectivity index (χ2n) is 6.94. The van der Waals surface area contributed by atoms with Crippen LogP contribution in [0.5, 0.6) is 0 Å². The van der Waals surface area contributed by atoms with Crippen LogP contribution in [0.4, 0.5) is 0 Å². The van der Waals surface area contributed by atoms with Gasteiger partial charge in [-0.15, -0.1) is 11.3 Å². The molecular weight excluding hydrogens is 276 g/mol. The zero-order valence-electron chi connectivity index (χ0n) is 12.5. The lowest BCUT2D eigenvalue weighted by atomic mass is 9.76. The fourth-order valence-electron chi connectivity index (χ4n) is 3.16. The van der Waals surface area contributed by atoms with Crippen LogP contribution in [-0.2, 0) is 12.8 Å². The lowest BCUT2D eigenvalue weighted by molar-refractivity contribution is 0.224. The average Bonchev–Trinajstić information content (AvgIpc) is 2.65. The molecular formula is C18H26N2S. The fraction of sp³-hybridized carbons (Fsp3) is 0.556. The highest BCUT2D eigenvalue weighted by molar-refractivity contribution is 7.20. The minimum Gasteiger partial charge on any atom is -0.307 e. The number of aromatic nitrogens is 1. The van der Waals surface area contributed by atoms with Crippen molar-refractivity contribution in [2.24, 2.45) is 11.3 Å². The van der Waals surface area contributed by atoms with Crippen molar-refractivity contribution in [3.05, 3.63) is 28.3 Å². The van der Waals surface area contributed by atoms with E-state index < -0.39 is 0 Å². The van der Waals surface area contributed by atoms with E-state index in [9.17, 15) is 0 Å². The highest BCUT2D eigenvalue weighted by Gasteiger charge is 2.28. The van der Waals surface area contributed by atoms with E-state index in [1.54, 1.807) is 11.3 Å². The number of pyridine rings is 1. The normalized spacial score (nSPS) is 18.7. The molecule has 1 aliphatic carbocycles. The van der Waals surface area contributed by atoms with E-state index in [0.717, 1.165) is 28.5 Å². The Morgan fingerprint density at radius 1 is 1.33 bits per heavy atom. The van der Waals surface area contributed by atoms with Gasteiger partial charge in [-0.3, -0.25) is 0 Å². The quantitative estimate of drug-likeness (QED) is 0.550. The summed E-state index contributed by atoms with van der Waals surface area (Å²) in [5.41, 5.74) is 3.09. The van der Waals surface area contributed by atoms with E-state index in [-0.39, 0.29) is 7.43 Å². The van der Waals surface area contributed by atoms with Gasteiger partial charge in [-0.1, -0.05) is 28.2 Å². The molecule has 1 N–H and O–H groups in total. The predicted molar refractivity (Wildman–Crippen MR) is 93.8 cm³/mol. The minimum atomic E-state index is 0. The molecule has 114 valence electrons. The Morgan fingerprint density at radius 2 is 2.10 bits per heavy atom. The molecule has 0 aliphatic heterocycles. The first-order valence-corrected chi connectivity index (χ1v) is 8.22. The second kappa shape index (κ2) is 5.88. The summed E-state index contributed by atoms with van der Waals surface area (Å²) in [4.78, 5) is 6.97. The third kappa shape index (κ3) is 3.18. The molecule has 21 heavy (non-hydrogen) atoms. The maximum Gasteiger partial charge on any atom is 0.124 e. The van der Waals surface area contributed by atoms with Gasteiger partial charge in [0.15, 0.2) is 0 Å². The van der Waals surface area contributed by atoms with Crippen LogP contribution in [0.25, 0.3) is 10.2 Å². The standard InChI is InChI=1S/C17H22N2S.CH4/c1-17(2,3)13-5-4-6-15-11(8-13)7-12-9-14(10-18)20-16(12)19-15;/h7,9-10,13,18H,4-6,8H2,1-3H3;1H4. The molecule has 0 spiro atoms. The number of hydrogen-bond acceptors (Lipinski definition) is 3. The van der Waals surface area contributed by atoms with Crippen molar-refractivity contribution >= 4 is 27.8 Å². The van der Waals surface area contributed by atoms with Crippen molar-refractivity contribution in [1.29, 1.82) is 5.41 Å². The van der Waals surface area contributed by atoms with Gasteiger partial charge in [0.25, 0.3) is 0 Å². The molecule has 2 heterocycles. The summed E-state index contributed by atoms with van der Waals surface area (Å²) in [6, 6.07) is 4.42. The summed E-state index contributed by atoms with van der Waals surface area (Å²) >= 11 is 1.63. The van der Waals surface area contributed by atoms with Crippen LogP contribution in [0.15, 0.2) is 12.1 Å². The lowest BCUT2D eigenvalue weighted by Gasteiger charge is -2.29. The monoisotopic (exact) mass is 302 g/mol. The number of aryl methyl sites for hydroxylation is 1. The summed E-state index contributed by atoms with van der Waals surface area (Å²) < 4.78 is 0. The van der Waals surface area contributed by atoms with Crippen LogP contribution >= 0.6 is 11.3 Å². The number of hydrogen-bond donors (Lipinski definition) is 1. The van der Waals surface area contributed by atoms with E-state index >= 15 is 0 Å². The van der Waals surface area contributed by atoms with E-state index in [1.807, 2.05) is 0 Å². The van der Waals surface area contributed by atoms with Gasteiger partial charge in [0.1, 0.15) is 4.83 Å². The van der Waals surface area contributed by atoms with Crippen LogP contribution in [-0.4, -0.2) is 11.2 Å². The lowest BCUT2D eigenvalue weighted by Crippen LogP contribution is -2.22. The van der Waals surface area contributed by atoms with Crippen LogP contribution in [0.2, 0.25) is 0 Å². The van der Waals surface area contributed by atoms with E-state index in [0.29, 0.717) is 5.41 Å². The summed E-state index contributed by atoms with van der Waals surface area (Å²) in [6.07, 6.45) is 6.23. The number of nitrogens with zero attached hydrogens (tertiary/aromatic N) is 1. The van der Waals surface area contributed by atoms with Crippen LogP contribution in [0, 0.1) is 16.7 Å². The Balaban J connectivity index is 0.00000161. The maximum absolute atomic E-state index is 7.39. The highest BCUT2D eigenvalue weighted by Crippen LogP contribution is 2.37. The molecule has 0 radical (unpaired) electrons. The van der Waals surface area contributed by atoms with Crippen LogP contribution in [0.1, 0.15) is 57.2 Å². The molecule has 0 bridgehead atoms. The van der Waals surface area contributed by atoms with Crippen molar-refractivity contribution in [2.75, 3.05) is 0 Å². The van der Waals surface area contributed by atoms with Crippen molar-refractivity contribution in [2.45, 2.75) is 53.9 Å². The second-order valence-corrected chi connectivity index (χ2v) is 8.00. The van der Waals surface area contributed by atoms with Crippen LogP contribution < -0.4 is 0 Å². The van der Waals surface area contributed by atoms with Gasteiger partial charge in [0.05, 0.1) is 0 Å². The Bertz CT molecular complexity index is 649. The predicted octanol–water partition coefficient (Wildman–Crippen LogP) is 5.47. The molecule has 2 nitrogen and oxygen atoms in total. The summed E-state index contributed by atoms with van der Waals surface area (Å²) in [7, 11) is 0. The number of rotatable bonds is 1. The molecule has 2 aromatic heterocycles. The van der Waals surface area contributed by atoms with Gasteiger partial charge < -0.3 is 5.41 Å². The first-order chi connectivity index (χ1) is 9.47. The van der Waals surface area contributed by atoms with E-state index in [1.165, 1.54) is 35.7 Å². The molecule has 2 aromatic rings. The number of fused-ring (bicyclic) bond motifs is 2. The molecule has 0 saturated carbocycles. The van der Waals surface area contributed by atoms with Gasteiger partial charge in [0.2, 0.25) is 0 Å². The van der Waals surface area contributed by atoms with Crippen molar-refractivity contribution in [3.63, 3.8) is 0 Å². The van der Waals surface area contributed by atoms with Crippen molar-refractivity contribution in [3.8, 4) is 0 Å². The van der Waals surface area contributed by atoms with E-state index in [2.05, 4.69) is 32.9 Å². The summed E-state index contributed by atoms with van der Waals surface area (Å²) in [5, 5.41) is 8.60. The van der Waals surface area contributed by atoms with Gasteiger partial charge >= 0.3 is 0 Å². The first kappa shape index (κ1) is 16.2. The average molecular weight is 302 g/mol. The third-order valence-electron chi connectivity index (χ3n) is 4.50. The first-order valence-electron chi connectivity index (χ1n) is 7.40. The third-order valence-corrected chi connectivity index (χ3v) is 5.49. The fourth-order valence-corrected chi connectivity index (χ4v) is 4.02. The molecule has 1 aliphatic rings. The van der Waals surface area contributed by atoms with Gasteiger partial charge in [-0.2, -0.15) is 0 Å². The van der Waals surface area contributed by atoms with Gasteiger partial charge in [-0.05, 0) is 54.7 Å². The molecule has 0 saturated heterocycles. The molecule has 3 rings (SSSR count). The van der Waals surface area contributed by atoms with Crippen LogP contribution in [0.3, 0.4) is 0 Å². The number of thiophene rings is 1. The maximum atomic E-state index is 7.39. The van der Waals surface area contributed by atoms with Crippen molar-refractivity contribution in [1.82, 2.24) is 4.98 Å². The minimum absolute atomic E-state index is 0.